The minimum atomic E-state index is -0.684. The SMILES string of the molecule is COC(=O)c1c(NC(=O)[C@H](C)Oc2ccc(C)c(C)c2)sc2c1CCCC2. The van der Waals surface area contributed by atoms with Crippen LogP contribution in [0.2, 0.25) is 0 Å². The van der Waals surface area contributed by atoms with Crippen molar-refractivity contribution in [1.29, 1.82) is 0 Å². The van der Waals surface area contributed by atoms with Crippen LogP contribution < -0.4 is 10.1 Å². The van der Waals surface area contributed by atoms with Crippen LogP contribution in [0.1, 0.15) is 51.7 Å². The lowest BCUT2D eigenvalue weighted by Gasteiger charge is -2.16. The summed E-state index contributed by atoms with van der Waals surface area (Å²) in [5.74, 6) is -0.0242. The van der Waals surface area contributed by atoms with E-state index in [9.17, 15) is 9.59 Å². The Morgan fingerprint density at radius 3 is 2.59 bits per heavy atom. The first kappa shape index (κ1) is 19.4. The van der Waals surface area contributed by atoms with Crippen LogP contribution in [0.5, 0.6) is 5.75 Å². The fourth-order valence-corrected chi connectivity index (χ4v) is 4.51. The van der Waals surface area contributed by atoms with E-state index in [1.54, 1.807) is 6.92 Å². The molecule has 1 aliphatic rings. The third kappa shape index (κ3) is 4.16. The average Bonchev–Trinajstić information content (AvgIpc) is 3.01. The number of hydrogen-bond acceptors (Lipinski definition) is 5. The van der Waals surface area contributed by atoms with Crippen LogP contribution in [-0.4, -0.2) is 25.1 Å². The van der Waals surface area contributed by atoms with Crippen LogP contribution in [0.3, 0.4) is 0 Å². The lowest BCUT2D eigenvalue weighted by molar-refractivity contribution is -0.122. The molecule has 1 aliphatic carbocycles. The van der Waals surface area contributed by atoms with Crippen LogP contribution in [-0.2, 0) is 22.4 Å². The summed E-state index contributed by atoms with van der Waals surface area (Å²) in [6.07, 6.45) is 3.26. The van der Waals surface area contributed by atoms with E-state index in [1.165, 1.54) is 28.9 Å². The van der Waals surface area contributed by atoms with Crippen LogP contribution in [0.15, 0.2) is 18.2 Å². The molecular weight excluding hydrogens is 362 g/mol. The molecule has 0 bridgehead atoms. The van der Waals surface area contributed by atoms with Gasteiger partial charge in [0.1, 0.15) is 10.8 Å². The lowest BCUT2D eigenvalue weighted by Crippen LogP contribution is -2.30. The number of carbonyl (C=O) groups excluding carboxylic acids is 2. The third-order valence-corrected chi connectivity index (χ3v) is 6.17. The highest BCUT2D eigenvalue weighted by atomic mass is 32.1. The van der Waals surface area contributed by atoms with Crippen molar-refractivity contribution in [3.8, 4) is 5.75 Å². The van der Waals surface area contributed by atoms with E-state index < -0.39 is 12.1 Å². The van der Waals surface area contributed by atoms with Gasteiger partial charge in [0.25, 0.3) is 5.91 Å². The number of anilines is 1. The van der Waals surface area contributed by atoms with Gasteiger partial charge in [-0.05, 0) is 75.3 Å². The lowest BCUT2D eigenvalue weighted by atomic mass is 9.95. The van der Waals surface area contributed by atoms with Crippen LogP contribution in [0, 0.1) is 13.8 Å². The van der Waals surface area contributed by atoms with E-state index >= 15 is 0 Å². The minimum Gasteiger partial charge on any atom is -0.481 e. The molecule has 6 heteroatoms. The van der Waals surface area contributed by atoms with Gasteiger partial charge in [-0.25, -0.2) is 4.79 Å². The summed E-state index contributed by atoms with van der Waals surface area (Å²) in [7, 11) is 1.37. The Morgan fingerprint density at radius 1 is 1.15 bits per heavy atom. The molecule has 1 aromatic carbocycles. The number of fused-ring (bicyclic) bond motifs is 1. The zero-order chi connectivity index (χ0) is 19.6. The molecule has 5 nitrogen and oxygen atoms in total. The van der Waals surface area contributed by atoms with Gasteiger partial charge in [-0.2, -0.15) is 0 Å². The van der Waals surface area contributed by atoms with Crippen molar-refractivity contribution in [2.24, 2.45) is 0 Å². The molecule has 0 saturated carbocycles. The summed E-state index contributed by atoms with van der Waals surface area (Å²) in [4.78, 5) is 26.1. The first-order chi connectivity index (χ1) is 12.9. The maximum atomic E-state index is 12.7. The Kier molecular flexibility index (Phi) is 5.85. The standard InChI is InChI=1S/C21H25NO4S/c1-12-9-10-15(11-13(12)2)26-14(3)19(23)22-20-18(21(24)25-4)16-7-5-6-8-17(16)27-20/h9-11,14H,5-8H2,1-4H3,(H,22,23)/t14-/m0/s1. The highest BCUT2D eigenvalue weighted by molar-refractivity contribution is 7.17. The van der Waals surface area contributed by atoms with Gasteiger partial charge in [-0.15, -0.1) is 11.3 Å². The van der Waals surface area contributed by atoms with Crippen LogP contribution in [0.4, 0.5) is 5.00 Å². The van der Waals surface area contributed by atoms with Crippen molar-refractivity contribution < 1.29 is 19.1 Å². The van der Waals surface area contributed by atoms with Crippen molar-refractivity contribution in [3.05, 3.63) is 45.3 Å². The second-order valence-electron chi connectivity index (χ2n) is 6.90. The fraction of sp³-hybridized carbons (Fsp3) is 0.429. The van der Waals surface area contributed by atoms with Gasteiger partial charge in [-0.3, -0.25) is 4.79 Å². The number of benzene rings is 1. The quantitative estimate of drug-likeness (QED) is 0.771. The van der Waals surface area contributed by atoms with E-state index in [2.05, 4.69) is 5.32 Å². The van der Waals surface area contributed by atoms with Crippen LogP contribution >= 0.6 is 11.3 Å². The van der Waals surface area contributed by atoms with Gasteiger partial charge in [0.15, 0.2) is 6.10 Å². The summed E-state index contributed by atoms with van der Waals surface area (Å²) in [6.45, 7) is 5.74. The number of amides is 1. The molecule has 0 spiro atoms. The molecule has 0 fully saturated rings. The number of thiophene rings is 1. The monoisotopic (exact) mass is 387 g/mol. The largest absolute Gasteiger partial charge is 0.481 e. The molecule has 144 valence electrons. The smallest absolute Gasteiger partial charge is 0.341 e. The number of ether oxygens (including phenoxy) is 2. The molecule has 1 atom stereocenters. The Balaban J connectivity index is 1.77. The van der Waals surface area contributed by atoms with Crippen molar-refractivity contribution in [2.75, 3.05) is 12.4 Å². The molecule has 1 amide bonds. The Hall–Kier alpha value is -2.34. The van der Waals surface area contributed by atoms with E-state index in [0.717, 1.165) is 36.8 Å². The van der Waals surface area contributed by atoms with Gasteiger partial charge in [0.2, 0.25) is 0 Å². The summed E-state index contributed by atoms with van der Waals surface area (Å²) < 4.78 is 10.7. The van der Waals surface area contributed by atoms with Crippen molar-refractivity contribution in [2.45, 2.75) is 52.6 Å². The minimum absolute atomic E-state index is 0.281. The summed E-state index contributed by atoms with van der Waals surface area (Å²) in [6, 6.07) is 5.75. The molecule has 2 aromatic rings. The Bertz CT molecular complexity index is 871. The van der Waals surface area contributed by atoms with Gasteiger partial charge < -0.3 is 14.8 Å². The highest BCUT2D eigenvalue weighted by Gasteiger charge is 2.28. The molecule has 0 unspecified atom stereocenters. The van der Waals surface area contributed by atoms with Crippen molar-refractivity contribution in [3.63, 3.8) is 0 Å². The predicted molar refractivity (Wildman–Crippen MR) is 107 cm³/mol. The Morgan fingerprint density at radius 2 is 1.89 bits per heavy atom. The average molecular weight is 388 g/mol. The summed E-state index contributed by atoms with van der Waals surface area (Å²) >= 11 is 1.47. The maximum absolute atomic E-state index is 12.7. The summed E-state index contributed by atoms with van der Waals surface area (Å²) in [5.41, 5.74) is 3.81. The first-order valence-corrected chi connectivity index (χ1v) is 10.00. The number of methoxy groups -OCH3 is 1. The van der Waals surface area contributed by atoms with E-state index in [-0.39, 0.29) is 5.91 Å². The van der Waals surface area contributed by atoms with E-state index in [1.807, 2.05) is 32.0 Å². The number of carbonyl (C=O) groups is 2. The second kappa shape index (κ2) is 8.13. The fourth-order valence-electron chi connectivity index (χ4n) is 3.23. The third-order valence-electron chi connectivity index (χ3n) is 4.96. The molecule has 3 rings (SSSR count). The number of aryl methyl sites for hydroxylation is 3. The van der Waals surface area contributed by atoms with Gasteiger partial charge in [0.05, 0.1) is 12.7 Å². The molecule has 1 N–H and O–H groups in total. The molecular formula is C21H25NO4S. The van der Waals surface area contributed by atoms with Crippen molar-refractivity contribution >= 4 is 28.2 Å². The number of esters is 1. The molecule has 0 radical (unpaired) electrons. The van der Waals surface area contributed by atoms with E-state index in [0.29, 0.717) is 16.3 Å². The highest BCUT2D eigenvalue weighted by Crippen LogP contribution is 2.38. The van der Waals surface area contributed by atoms with Crippen molar-refractivity contribution in [1.82, 2.24) is 0 Å². The summed E-state index contributed by atoms with van der Waals surface area (Å²) in [5, 5.41) is 3.45. The Labute approximate surface area is 163 Å². The molecule has 0 aliphatic heterocycles. The van der Waals surface area contributed by atoms with Gasteiger partial charge in [-0.1, -0.05) is 6.07 Å². The van der Waals surface area contributed by atoms with Crippen LogP contribution in [0.25, 0.3) is 0 Å². The normalized spacial score (nSPS) is 14.2. The topological polar surface area (TPSA) is 64.6 Å². The molecule has 1 heterocycles. The van der Waals surface area contributed by atoms with Gasteiger partial charge in [0, 0.05) is 4.88 Å². The number of rotatable bonds is 5. The zero-order valence-electron chi connectivity index (χ0n) is 16.2. The van der Waals surface area contributed by atoms with Gasteiger partial charge >= 0.3 is 5.97 Å². The molecule has 27 heavy (non-hydrogen) atoms. The maximum Gasteiger partial charge on any atom is 0.341 e. The first-order valence-electron chi connectivity index (χ1n) is 9.18. The predicted octanol–water partition coefficient (Wildman–Crippen LogP) is 4.44. The number of hydrogen-bond donors (Lipinski definition) is 1. The van der Waals surface area contributed by atoms with E-state index in [4.69, 9.17) is 9.47 Å². The molecule has 1 aromatic heterocycles. The second-order valence-corrected chi connectivity index (χ2v) is 8.01. The zero-order valence-corrected chi connectivity index (χ0v) is 17.0. The molecule has 0 saturated heterocycles. The number of nitrogens with one attached hydrogen (secondary N) is 1.